The molecule has 5 fully saturated rings. The Kier molecular flexibility index (Phi) is 5.59. The van der Waals surface area contributed by atoms with Crippen molar-refractivity contribution < 1.29 is 20.1 Å². The summed E-state index contributed by atoms with van der Waals surface area (Å²) in [4.78, 5) is 0. The first-order chi connectivity index (χ1) is 15.5. The van der Waals surface area contributed by atoms with Crippen molar-refractivity contribution in [3.8, 4) is 0 Å². The van der Waals surface area contributed by atoms with E-state index in [9.17, 15) is 15.3 Å². The Balaban J connectivity index is 1.48. The third-order valence-corrected chi connectivity index (χ3v) is 13.3. The summed E-state index contributed by atoms with van der Waals surface area (Å²) in [5, 5.41) is 33.4. The first-order valence-electron chi connectivity index (χ1n) is 14.3. The van der Waals surface area contributed by atoms with Crippen molar-refractivity contribution in [3.05, 3.63) is 0 Å². The second kappa shape index (κ2) is 7.45. The summed E-state index contributed by atoms with van der Waals surface area (Å²) in [5.41, 5.74) is -0.703. The van der Waals surface area contributed by atoms with Crippen molar-refractivity contribution in [2.24, 2.45) is 45.3 Å². The predicted octanol–water partition coefficient (Wildman–Crippen LogP) is 5.71. The maximum atomic E-state index is 11.9. The van der Waals surface area contributed by atoms with Crippen LogP contribution in [-0.2, 0) is 4.74 Å². The maximum absolute atomic E-state index is 11.9. The van der Waals surface area contributed by atoms with Crippen LogP contribution in [0.3, 0.4) is 0 Å². The van der Waals surface area contributed by atoms with E-state index in [1.807, 2.05) is 13.8 Å². The fourth-order valence-corrected chi connectivity index (χ4v) is 11.1. The molecule has 0 bridgehead atoms. The van der Waals surface area contributed by atoms with Crippen molar-refractivity contribution in [2.75, 3.05) is 0 Å². The molecule has 5 rings (SSSR count). The van der Waals surface area contributed by atoms with Gasteiger partial charge in [0.25, 0.3) is 0 Å². The monoisotopic (exact) mass is 476 g/mol. The summed E-state index contributed by atoms with van der Waals surface area (Å²) in [7, 11) is 0. The average molecular weight is 477 g/mol. The lowest BCUT2D eigenvalue weighted by Crippen LogP contribution is -2.66. The first kappa shape index (κ1) is 25.5. The molecule has 4 heteroatoms. The Labute approximate surface area is 208 Å². The number of hydrogen-bond donors (Lipinski definition) is 3. The topological polar surface area (TPSA) is 69.9 Å². The molecule has 0 aromatic carbocycles. The van der Waals surface area contributed by atoms with Crippen molar-refractivity contribution in [2.45, 2.75) is 143 Å². The summed E-state index contributed by atoms with van der Waals surface area (Å²) < 4.78 is 6.66. The Morgan fingerprint density at radius 2 is 1.41 bits per heavy atom. The van der Waals surface area contributed by atoms with Gasteiger partial charge >= 0.3 is 0 Å². The largest absolute Gasteiger partial charge is 0.393 e. The van der Waals surface area contributed by atoms with Gasteiger partial charge in [-0.25, -0.2) is 0 Å². The smallest absolute Gasteiger partial charge is 0.0865 e. The lowest BCUT2D eigenvalue weighted by atomic mass is 9.35. The SMILES string of the molecule is CC(C)(O)[C@H]1CC[C@@](C)([C@H]2CC[C@]3(C)[C@@H]2[C@H](O)C[C@@H]2[C@@]4(C)CC[C@H](O)C(C)(C)[C@@H]4CC[C@]23C)O1. The second-order valence-electron chi connectivity index (χ2n) is 15.4. The van der Waals surface area contributed by atoms with Gasteiger partial charge in [0.15, 0.2) is 0 Å². The summed E-state index contributed by atoms with van der Waals surface area (Å²) in [6.07, 6.45) is 8.72. The van der Waals surface area contributed by atoms with Gasteiger partial charge in [0.1, 0.15) is 0 Å². The molecule has 3 N–H and O–H groups in total. The van der Waals surface area contributed by atoms with E-state index in [0.29, 0.717) is 17.8 Å². The normalized spacial score (nSPS) is 57.1. The minimum absolute atomic E-state index is 0.0630. The van der Waals surface area contributed by atoms with Crippen LogP contribution in [0.15, 0.2) is 0 Å². The van der Waals surface area contributed by atoms with E-state index in [1.165, 1.54) is 12.8 Å². The molecule has 5 aliphatic rings. The molecular weight excluding hydrogens is 424 g/mol. The average Bonchev–Trinajstić information content (AvgIpc) is 3.30. The van der Waals surface area contributed by atoms with Gasteiger partial charge in [0, 0.05) is 0 Å². The second-order valence-corrected chi connectivity index (χ2v) is 15.4. The van der Waals surface area contributed by atoms with E-state index in [2.05, 4.69) is 41.5 Å². The maximum Gasteiger partial charge on any atom is 0.0865 e. The highest BCUT2D eigenvalue weighted by atomic mass is 16.5. The van der Waals surface area contributed by atoms with Crippen LogP contribution in [0.2, 0.25) is 0 Å². The number of hydrogen-bond acceptors (Lipinski definition) is 4. The number of fused-ring (bicyclic) bond motifs is 5. The van der Waals surface area contributed by atoms with Crippen LogP contribution in [0.5, 0.6) is 0 Å². The zero-order valence-electron chi connectivity index (χ0n) is 23.2. The quantitative estimate of drug-likeness (QED) is 0.477. The highest BCUT2D eigenvalue weighted by molar-refractivity contribution is 5.20. The van der Waals surface area contributed by atoms with Crippen molar-refractivity contribution in [1.82, 2.24) is 0 Å². The van der Waals surface area contributed by atoms with E-state index < -0.39 is 5.60 Å². The van der Waals surface area contributed by atoms with Gasteiger partial charge in [-0.05, 0) is 124 Å². The molecule has 1 heterocycles. The molecule has 0 amide bonds. The lowest BCUT2D eigenvalue weighted by Gasteiger charge is -2.70. The number of aliphatic hydroxyl groups is 3. The molecule has 0 unspecified atom stereocenters. The van der Waals surface area contributed by atoms with Crippen LogP contribution in [0, 0.1) is 45.3 Å². The van der Waals surface area contributed by atoms with E-state index in [0.717, 1.165) is 44.9 Å². The van der Waals surface area contributed by atoms with E-state index in [-0.39, 0.29) is 51.5 Å². The standard InChI is InChI=1S/C30H52O4/c1-25(2)20-10-15-28(6)21(27(20,5)13-11-22(25)32)17-19(31)24-18(9-14-29(24,28)7)30(8)16-12-23(34-30)26(3,4)33/h18-24,31-33H,9-17H2,1-8H3/t18-,19+,20-,21+,22-,23+,24-,27-,28+,29+,30-/m0/s1. The Morgan fingerprint density at radius 3 is 2.03 bits per heavy atom. The molecule has 4 aliphatic carbocycles. The molecule has 4 saturated carbocycles. The molecule has 196 valence electrons. The van der Waals surface area contributed by atoms with Crippen LogP contribution >= 0.6 is 0 Å². The van der Waals surface area contributed by atoms with Crippen LogP contribution in [0.1, 0.15) is 113 Å². The van der Waals surface area contributed by atoms with Crippen molar-refractivity contribution >= 4 is 0 Å². The number of aliphatic hydroxyl groups excluding tert-OH is 2. The number of ether oxygens (including phenoxy) is 1. The Hall–Kier alpha value is -0.160. The summed E-state index contributed by atoms with van der Waals surface area (Å²) >= 11 is 0. The van der Waals surface area contributed by atoms with E-state index in [1.54, 1.807) is 0 Å². The highest BCUT2D eigenvalue weighted by Gasteiger charge is 2.71. The Bertz CT molecular complexity index is 817. The minimum Gasteiger partial charge on any atom is -0.393 e. The molecular formula is C30H52O4. The predicted molar refractivity (Wildman–Crippen MR) is 135 cm³/mol. The van der Waals surface area contributed by atoms with E-state index >= 15 is 0 Å². The zero-order chi connectivity index (χ0) is 25.1. The van der Waals surface area contributed by atoms with Gasteiger partial charge < -0.3 is 20.1 Å². The molecule has 0 aromatic heterocycles. The minimum atomic E-state index is -0.826. The van der Waals surface area contributed by atoms with Crippen LogP contribution in [0.4, 0.5) is 0 Å². The molecule has 0 radical (unpaired) electrons. The molecule has 1 saturated heterocycles. The van der Waals surface area contributed by atoms with Crippen LogP contribution in [-0.4, -0.2) is 44.8 Å². The third kappa shape index (κ3) is 3.16. The molecule has 4 nitrogen and oxygen atoms in total. The first-order valence-corrected chi connectivity index (χ1v) is 14.3. The molecule has 1 aliphatic heterocycles. The Morgan fingerprint density at radius 1 is 0.765 bits per heavy atom. The molecule has 34 heavy (non-hydrogen) atoms. The van der Waals surface area contributed by atoms with Gasteiger partial charge in [-0.2, -0.15) is 0 Å². The van der Waals surface area contributed by atoms with Gasteiger partial charge in [-0.15, -0.1) is 0 Å². The summed E-state index contributed by atoms with van der Waals surface area (Å²) in [6, 6.07) is 0. The van der Waals surface area contributed by atoms with Gasteiger partial charge in [0.05, 0.1) is 29.5 Å². The fourth-order valence-electron chi connectivity index (χ4n) is 11.1. The third-order valence-electron chi connectivity index (χ3n) is 13.3. The van der Waals surface area contributed by atoms with E-state index in [4.69, 9.17) is 4.74 Å². The van der Waals surface area contributed by atoms with Crippen molar-refractivity contribution in [3.63, 3.8) is 0 Å². The van der Waals surface area contributed by atoms with Crippen molar-refractivity contribution in [1.29, 1.82) is 0 Å². The molecule has 0 aromatic rings. The van der Waals surface area contributed by atoms with Crippen LogP contribution in [0.25, 0.3) is 0 Å². The summed E-state index contributed by atoms with van der Waals surface area (Å²) in [6.45, 7) is 18.1. The zero-order valence-corrected chi connectivity index (χ0v) is 23.2. The van der Waals surface area contributed by atoms with Gasteiger partial charge in [-0.3, -0.25) is 0 Å². The van der Waals surface area contributed by atoms with Crippen LogP contribution < -0.4 is 0 Å². The fraction of sp³-hybridized carbons (Fsp3) is 1.00. The molecule has 0 spiro atoms. The van der Waals surface area contributed by atoms with Gasteiger partial charge in [0.2, 0.25) is 0 Å². The lowest BCUT2D eigenvalue weighted by molar-refractivity contribution is -0.248. The highest BCUT2D eigenvalue weighted by Crippen LogP contribution is 2.76. The summed E-state index contributed by atoms with van der Waals surface area (Å²) in [5.74, 6) is 1.59. The number of rotatable bonds is 2. The molecule has 11 atom stereocenters. The van der Waals surface area contributed by atoms with Gasteiger partial charge in [-0.1, -0.05) is 34.6 Å².